The summed E-state index contributed by atoms with van der Waals surface area (Å²) < 4.78 is 5.05. The van der Waals surface area contributed by atoms with E-state index >= 15 is 0 Å². The fourth-order valence-electron chi connectivity index (χ4n) is 1.00. The highest BCUT2D eigenvalue weighted by molar-refractivity contribution is 5.75. The Morgan fingerprint density at radius 1 is 1.57 bits per heavy atom. The zero-order valence-electron chi connectivity index (χ0n) is 9.38. The van der Waals surface area contributed by atoms with Crippen LogP contribution < -0.4 is 5.32 Å². The van der Waals surface area contributed by atoms with Gasteiger partial charge in [0.05, 0.1) is 6.10 Å². The molecule has 14 heavy (non-hydrogen) atoms. The van der Waals surface area contributed by atoms with Gasteiger partial charge in [-0.3, -0.25) is 4.79 Å². The Labute approximate surface area is 86.5 Å². The van der Waals surface area contributed by atoms with Crippen molar-refractivity contribution in [2.75, 3.05) is 13.7 Å². The lowest BCUT2D eigenvalue weighted by Crippen LogP contribution is -2.25. The molecular weight excluding hydrogens is 178 g/mol. The molecule has 1 N–H and O–H groups in total. The summed E-state index contributed by atoms with van der Waals surface area (Å²) in [6, 6.07) is 0. The average Bonchev–Trinajstić information content (AvgIpc) is 2.21. The third-order valence-electron chi connectivity index (χ3n) is 2.05. The Hall–Kier alpha value is -0.830. The highest BCUT2D eigenvalue weighted by Crippen LogP contribution is 1.99. The van der Waals surface area contributed by atoms with Gasteiger partial charge in [0.15, 0.2) is 0 Å². The molecular formula is C11H21NO2. The van der Waals surface area contributed by atoms with Crippen LogP contribution in [0, 0.1) is 0 Å². The van der Waals surface area contributed by atoms with Crippen molar-refractivity contribution in [3.8, 4) is 0 Å². The molecule has 0 aromatic rings. The van der Waals surface area contributed by atoms with Gasteiger partial charge in [0.25, 0.3) is 0 Å². The topological polar surface area (TPSA) is 38.3 Å². The summed E-state index contributed by atoms with van der Waals surface area (Å²) in [6.45, 7) is 4.67. The summed E-state index contributed by atoms with van der Waals surface area (Å²) in [5.74, 6) is 0.110. The molecule has 1 unspecified atom stereocenters. The summed E-state index contributed by atoms with van der Waals surface area (Å²) in [5, 5.41) is 2.85. The summed E-state index contributed by atoms with van der Waals surface area (Å²) in [6.07, 6.45) is 6.42. The van der Waals surface area contributed by atoms with E-state index in [1.54, 1.807) is 7.11 Å². The van der Waals surface area contributed by atoms with Crippen molar-refractivity contribution in [1.29, 1.82) is 0 Å². The van der Waals surface area contributed by atoms with Crippen molar-refractivity contribution < 1.29 is 9.53 Å². The number of allylic oxidation sites excluding steroid dienone is 1. The standard InChI is InChI=1S/C11H21NO2/c1-4-5-6-9-12-11(13)8-7-10(2)14-3/h4-5,10H,6-9H2,1-3H3,(H,12,13)/b5-4+. The van der Waals surface area contributed by atoms with E-state index in [9.17, 15) is 4.79 Å². The van der Waals surface area contributed by atoms with Gasteiger partial charge in [0.1, 0.15) is 0 Å². The molecule has 0 heterocycles. The van der Waals surface area contributed by atoms with Crippen molar-refractivity contribution in [2.45, 2.75) is 39.2 Å². The van der Waals surface area contributed by atoms with Crippen LogP contribution in [0.1, 0.15) is 33.1 Å². The van der Waals surface area contributed by atoms with E-state index in [1.165, 1.54) is 0 Å². The molecule has 0 saturated heterocycles. The molecule has 0 aromatic heterocycles. The van der Waals surface area contributed by atoms with Gasteiger partial charge < -0.3 is 10.1 Å². The number of hydrogen-bond donors (Lipinski definition) is 1. The lowest BCUT2D eigenvalue weighted by atomic mass is 10.2. The second kappa shape index (κ2) is 8.75. The van der Waals surface area contributed by atoms with Crippen molar-refractivity contribution in [1.82, 2.24) is 5.32 Å². The smallest absolute Gasteiger partial charge is 0.220 e. The zero-order chi connectivity index (χ0) is 10.8. The zero-order valence-corrected chi connectivity index (χ0v) is 9.38. The summed E-state index contributed by atoms with van der Waals surface area (Å²) in [4.78, 5) is 11.2. The second-order valence-corrected chi connectivity index (χ2v) is 3.29. The molecule has 1 amide bonds. The van der Waals surface area contributed by atoms with Crippen LogP contribution in [0.25, 0.3) is 0 Å². The van der Waals surface area contributed by atoms with E-state index in [4.69, 9.17) is 4.74 Å². The number of amides is 1. The molecule has 0 bridgehead atoms. The van der Waals surface area contributed by atoms with Gasteiger partial charge in [-0.05, 0) is 26.7 Å². The molecule has 0 fully saturated rings. The van der Waals surface area contributed by atoms with E-state index in [0.717, 1.165) is 19.4 Å². The summed E-state index contributed by atoms with van der Waals surface area (Å²) in [5.41, 5.74) is 0. The molecule has 82 valence electrons. The number of methoxy groups -OCH3 is 1. The maximum Gasteiger partial charge on any atom is 0.220 e. The Kier molecular flexibility index (Phi) is 8.24. The lowest BCUT2D eigenvalue weighted by Gasteiger charge is -2.08. The van der Waals surface area contributed by atoms with E-state index in [1.807, 2.05) is 26.0 Å². The van der Waals surface area contributed by atoms with E-state index in [2.05, 4.69) is 5.32 Å². The van der Waals surface area contributed by atoms with Gasteiger partial charge >= 0.3 is 0 Å². The van der Waals surface area contributed by atoms with Crippen LogP contribution >= 0.6 is 0 Å². The third kappa shape index (κ3) is 7.80. The fraction of sp³-hybridized carbons (Fsp3) is 0.727. The van der Waals surface area contributed by atoms with Gasteiger partial charge in [0.2, 0.25) is 5.91 Å². The van der Waals surface area contributed by atoms with Crippen LogP contribution in [0.5, 0.6) is 0 Å². The van der Waals surface area contributed by atoms with Gasteiger partial charge in [0, 0.05) is 20.1 Å². The number of carbonyl (C=O) groups is 1. The van der Waals surface area contributed by atoms with E-state index < -0.39 is 0 Å². The minimum absolute atomic E-state index is 0.110. The Morgan fingerprint density at radius 3 is 2.86 bits per heavy atom. The summed E-state index contributed by atoms with van der Waals surface area (Å²) in [7, 11) is 1.66. The van der Waals surface area contributed by atoms with Gasteiger partial charge in [-0.15, -0.1) is 0 Å². The highest BCUT2D eigenvalue weighted by atomic mass is 16.5. The van der Waals surface area contributed by atoms with Crippen LogP contribution in [0.3, 0.4) is 0 Å². The summed E-state index contributed by atoms with van der Waals surface area (Å²) >= 11 is 0. The van der Waals surface area contributed by atoms with Gasteiger partial charge in [-0.2, -0.15) is 0 Å². The van der Waals surface area contributed by atoms with Crippen LogP contribution in [0.4, 0.5) is 0 Å². The van der Waals surface area contributed by atoms with Crippen LogP contribution in [0.15, 0.2) is 12.2 Å². The van der Waals surface area contributed by atoms with Crippen molar-refractivity contribution in [2.24, 2.45) is 0 Å². The lowest BCUT2D eigenvalue weighted by molar-refractivity contribution is -0.121. The predicted molar refractivity (Wildman–Crippen MR) is 58.1 cm³/mol. The largest absolute Gasteiger partial charge is 0.382 e. The monoisotopic (exact) mass is 199 g/mol. The fourth-order valence-corrected chi connectivity index (χ4v) is 1.00. The molecule has 0 aliphatic carbocycles. The first kappa shape index (κ1) is 13.2. The second-order valence-electron chi connectivity index (χ2n) is 3.29. The molecule has 1 atom stereocenters. The van der Waals surface area contributed by atoms with Crippen LogP contribution in [0.2, 0.25) is 0 Å². The number of nitrogens with one attached hydrogen (secondary N) is 1. The Bertz CT molecular complexity index is 178. The van der Waals surface area contributed by atoms with E-state index in [0.29, 0.717) is 6.42 Å². The van der Waals surface area contributed by atoms with Crippen molar-refractivity contribution in [3.63, 3.8) is 0 Å². The number of hydrogen-bond acceptors (Lipinski definition) is 2. The van der Waals surface area contributed by atoms with Gasteiger partial charge in [-0.1, -0.05) is 12.2 Å². The number of ether oxygens (including phenoxy) is 1. The van der Waals surface area contributed by atoms with Crippen molar-refractivity contribution in [3.05, 3.63) is 12.2 Å². The molecule has 3 heteroatoms. The van der Waals surface area contributed by atoms with Crippen LogP contribution in [-0.2, 0) is 9.53 Å². The first-order valence-corrected chi connectivity index (χ1v) is 5.11. The maximum absolute atomic E-state index is 11.2. The SMILES string of the molecule is C/C=C/CCNC(=O)CCC(C)OC. The molecule has 3 nitrogen and oxygen atoms in total. The average molecular weight is 199 g/mol. The first-order valence-electron chi connectivity index (χ1n) is 5.11. The van der Waals surface area contributed by atoms with E-state index in [-0.39, 0.29) is 12.0 Å². The molecule has 0 aromatic carbocycles. The van der Waals surface area contributed by atoms with Crippen molar-refractivity contribution >= 4 is 5.91 Å². The Morgan fingerprint density at radius 2 is 2.29 bits per heavy atom. The normalized spacial score (nSPS) is 13.1. The Balaban J connectivity index is 3.37. The minimum Gasteiger partial charge on any atom is -0.382 e. The maximum atomic E-state index is 11.2. The number of rotatable bonds is 7. The van der Waals surface area contributed by atoms with Gasteiger partial charge in [-0.25, -0.2) is 0 Å². The molecule has 0 rings (SSSR count). The molecule has 0 spiro atoms. The minimum atomic E-state index is 0.110. The highest BCUT2D eigenvalue weighted by Gasteiger charge is 2.04. The first-order chi connectivity index (χ1) is 6.70. The quantitative estimate of drug-likeness (QED) is 0.502. The molecule has 0 aliphatic rings. The molecule has 0 radical (unpaired) electrons. The van der Waals surface area contributed by atoms with Crippen LogP contribution in [-0.4, -0.2) is 25.7 Å². The third-order valence-corrected chi connectivity index (χ3v) is 2.05. The predicted octanol–water partition coefficient (Wildman–Crippen LogP) is 1.88. The number of carbonyl (C=O) groups excluding carboxylic acids is 1. The molecule has 0 saturated carbocycles. The molecule has 0 aliphatic heterocycles.